The Hall–Kier alpha value is -2.65. The third-order valence-electron chi connectivity index (χ3n) is 5.00. The van der Waals surface area contributed by atoms with E-state index in [0.29, 0.717) is 32.5 Å². The molecule has 31 heavy (non-hydrogen) atoms. The number of para-hydroxylation sites is 1. The van der Waals surface area contributed by atoms with Gasteiger partial charge in [0.2, 0.25) is 0 Å². The molecule has 3 rings (SSSR count). The van der Waals surface area contributed by atoms with Crippen molar-refractivity contribution in [3.63, 3.8) is 0 Å². The number of hydrogen-bond donors (Lipinski definition) is 1. The zero-order valence-electron chi connectivity index (χ0n) is 16.8. The molecule has 1 N–H and O–H groups in total. The Bertz CT molecular complexity index is 1080. The quantitative estimate of drug-likeness (QED) is 0.652. The molecule has 1 amide bonds. The van der Waals surface area contributed by atoms with Crippen LogP contribution in [0.3, 0.4) is 0 Å². The van der Waals surface area contributed by atoms with Crippen LogP contribution in [0.5, 0.6) is 0 Å². The molecule has 10 heteroatoms. The number of carbonyl (C=O) groups excluding carboxylic acids is 2. The van der Waals surface area contributed by atoms with E-state index in [1.807, 2.05) is 0 Å². The number of amides is 1. The first kappa shape index (κ1) is 23.0. The van der Waals surface area contributed by atoms with Crippen molar-refractivity contribution in [1.29, 1.82) is 0 Å². The van der Waals surface area contributed by atoms with E-state index in [1.165, 1.54) is 41.3 Å². The lowest BCUT2D eigenvalue weighted by atomic mass is 9.96. The third-order valence-corrected chi connectivity index (χ3v) is 6.69. The van der Waals surface area contributed by atoms with E-state index < -0.39 is 21.7 Å². The molecule has 2 aromatic rings. The number of anilines is 1. The van der Waals surface area contributed by atoms with Gasteiger partial charge in [0.25, 0.3) is 15.9 Å². The van der Waals surface area contributed by atoms with E-state index in [4.69, 9.17) is 16.3 Å². The van der Waals surface area contributed by atoms with E-state index in [0.717, 1.165) is 6.07 Å². The van der Waals surface area contributed by atoms with E-state index >= 15 is 0 Å². The monoisotopic (exact) mass is 468 g/mol. The van der Waals surface area contributed by atoms with Crippen molar-refractivity contribution in [2.24, 2.45) is 5.92 Å². The molecule has 1 fully saturated rings. The maximum absolute atomic E-state index is 13.8. The van der Waals surface area contributed by atoms with Gasteiger partial charge in [-0.2, -0.15) is 0 Å². The van der Waals surface area contributed by atoms with Gasteiger partial charge in [-0.3, -0.25) is 14.3 Å². The molecule has 0 spiro atoms. The van der Waals surface area contributed by atoms with Crippen LogP contribution < -0.4 is 4.72 Å². The average molecular weight is 469 g/mol. The highest BCUT2D eigenvalue weighted by molar-refractivity contribution is 7.92. The second-order valence-electron chi connectivity index (χ2n) is 7.05. The van der Waals surface area contributed by atoms with Gasteiger partial charge in [0.15, 0.2) is 0 Å². The van der Waals surface area contributed by atoms with E-state index in [1.54, 1.807) is 6.92 Å². The first-order valence-electron chi connectivity index (χ1n) is 9.75. The first-order valence-corrected chi connectivity index (χ1v) is 11.6. The van der Waals surface area contributed by atoms with Gasteiger partial charge in [0.1, 0.15) is 5.82 Å². The number of hydrogen-bond acceptors (Lipinski definition) is 5. The third kappa shape index (κ3) is 5.34. The summed E-state index contributed by atoms with van der Waals surface area (Å²) in [4.78, 5) is 26.2. The lowest BCUT2D eigenvalue weighted by Crippen LogP contribution is -2.40. The highest BCUT2D eigenvalue weighted by atomic mass is 35.5. The molecule has 2 aromatic carbocycles. The molecule has 1 heterocycles. The summed E-state index contributed by atoms with van der Waals surface area (Å²) in [7, 11) is -4.15. The van der Waals surface area contributed by atoms with Crippen LogP contribution in [0.2, 0.25) is 5.02 Å². The minimum absolute atomic E-state index is 0.0210. The molecular formula is C21H22ClFN2O5S. The Morgan fingerprint density at radius 3 is 2.52 bits per heavy atom. The summed E-state index contributed by atoms with van der Waals surface area (Å²) in [6.45, 7) is 2.68. The van der Waals surface area contributed by atoms with Crippen LogP contribution in [-0.2, 0) is 19.6 Å². The van der Waals surface area contributed by atoms with Crippen molar-refractivity contribution in [3.8, 4) is 0 Å². The normalized spacial score (nSPS) is 14.9. The Kier molecular flexibility index (Phi) is 7.17. The molecule has 1 saturated heterocycles. The number of halogens is 2. The summed E-state index contributed by atoms with van der Waals surface area (Å²) in [5.41, 5.74) is -0.181. The number of ether oxygens (including phenoxy) is 1. The Morgan fingerprint density at radius 1 is 1.19 bits per heavy atom. The van der Waals surface area contributed by atoms with E-state index in [9.17, 15) is 22.4 Å². The summed E-state index contributed by atoms with van der Waals surface area (Å²) in [5, 5.41) is 0.0994. The number of likely N-dealkylation sites (tertiary alicyclic amines) is 1. The molecule has 0 saturated carbocycles. The number of nitrogens with one attached hydrogen (secondary N) is 1. The van der Waals surface area contributed by atoms with Crippen LogP contribution in [0, 0.1) is 11.7 Å². The van der Waals surface area contributed by atoms with E-state index in [2.05, 4.69) is 4.72 Å². The van der Waals surface area contributed by atoms with Gasteiger partial charge >= 0.3 is 5.97 Å². The van der Waals surface area contributed by atoms with Crippen LogP contribution in [-0.4, -0.2) is 44.9 Å². The van der Waals surface area contributed by atoms with Crippen LogP contribution in [0.4, 0.5) is 10.1 Å². The number of sulfonamides is 1. The van der Waals surface area contributed by atoms with Crippen LogP contribution in [0.25, 0.3) is 0 Å². The van der Waals surface area contributed by atoms with Crippen LogP contribution >= 0.6 is 11.6 Å². The molecule has 0 aromatic heterocycles. The topological polar surface area (TPSA) is 92.8 Å². The highest BCUT2D eigenvalue weighted by Crippen LogP contribution is 2.27. The summed E-state index contributed by atoms with van der Waals surface area (Å²) in [6.07, 6.45) is 0.907. The Labute approximate surface area is 185 Å². The summed E-state index contributed by atoms with van der Waals surface area (Å²) in [6, 6.07) is 9.10. The summed E-state index contributed by atoms with van der Waals surface area (Å²) >= 11 is 6.17. The molecular weight excluding hydrogens is 447 g/mol. The predicted octanol–water partition coefficient (Wildman–Crippen LogP) is 3.70. The zero-order valence-corrected chi connectivity index (χ0v) is 18.4. The average Bonchev–Trinajstić information content (AvgIpc) is 2.75. The van der Waals surface area contributed by atoms with Gasteiger partial charge in [-0.15, -0.1) is 0 Å². The maximum atomic E-state index is 13.8. The molecule has 1 aliphatic rings. The SMILES string of the molecule is CCOC(=O)C1CCN(C(=O)c2cc(S(=O)(=O)Nc3ccccc3F)ccc2Cl)CC1. The number of benzene rings is 2. The molecule has 0 aliphatic carbocycles. The van der Waals surface area contributed by atoms with Crippen molar-refractivity contribution in [1.82, 2.24) is 4.90 Å². The lowest BCUT2D eigenvalue weighted by Gasteiger charge is -2.31. The molecule has 0 atom stereocenters. The smallest absolute Gasteiger partial charge is 0.309 e. The van der Waals surface area contributed by atoms with Gasteiger partial charge in [-0.1, -0.05) is 23.7 Å². The van der Waals surface area contributed by atoms with Crippen molar-refractivity contribution in [2.75, 3.05) is 24.4 Å². The largest absolute Gasteiger partial charge is 0.466 e. The minimum Gasteiger partial charge on any atom is -0.466 e. The molecule has 0 radical (unpaired) electrons. The maximum Gasteiger partial charge on any atom is 0.309 e. The Morgan fingerprint density at radius 2 is 1.87 bits per heavy atom. The first-order chi connectivity index (χ1) is 14.7. The molecule has 1 aliphatic heterocycles. The number of nitrogens with zero attached hydrogens (tertiary/aromatic N) is 1. The summed E-state index contributed by atoms with van der Waals surface area (Å²) in [5.74, 6) is -1.70. The number of esters is 1. The summed E-state index contributed by atoms with van der Waals surface area (Å²) < 4.78 is 46.4. The number of rotatable bonds is 6. The fourth-order valence-corrected chi connectivity index (χ4v) is 4.62. The standard InChI is InChI=1S/C21H22ClFN2O5S/c1-2-30-21(27)14-9-11-25(12-10-14)20(26)16-13-15(7-8-17(16)22)31(28,29)24-19-6-4-3-5-18(19)23/h3-8,13-14,24H,2,9-12H2,1H3. The fourth-order valence-electron chi connectivity index (χ4n) is 3.33. The zero-order chi connectivity index (χ0) is 22.6. The fraction of sp³-hybridized carbons (Fsp3) is 0.333. The van der Waals surface area contributed by atoms with Gasteiger partial charge in [0, 0.05) is 13.1 Å². The minimum atomic E-state index is -4.15. The van der Waals surface area contributed by atoms with Gasteiger partial charge in [0.05, 0.1) is 33.7 Å². The second kappa shape index (κ2) is 9.65. The number of piperidine rings is 1. The number of carbonyl (C=O) groups is 2. The van der Waals surface area contributed by atoms with Gasteiger partial charge < -0.3 is 9.64 Å². The van der Waals surface area contributed by atoms with Crippen LogP contribution in [0.15, 0.2) is 47.4 Å². The molecule has 166 valence electrons. The van der Waals surface area contributed by atoms with Crippen molar-refractivity contribution < 1.29 is 27.1 Å². The second-order valence-corrected chi connectivity index (χ2v) is 9.14. The van der Waals surface area contributed by atoms with Crippen molar-refractivity contribution in [3.05, 3.63) is 58.9 Å². The molecule has 0 bridgehead atoms. The van der Waals surface area contributed by atoms with Crippen molar-refractivity contribution >= 4 is 39.2 Å². The lowest BCUT2D eigenvalue weighted by molar-refractivity contribution is -0.149. The Balaban J connectivity index is 1.77. The molecule has 0 unspecified atom stereocenters. The van der Waals surface area contributed by atoms with Gasteiger partial charge in [-0.05, 0) is 50.1 Å². The van der Waals surface area contributed by atoms with Gasteiger partial charge in [-0.25, -0.2) is 12.8 Å². The predicted molar refractivity (Wildman–Crippen MR) is 114 cm³/mol. The van der Waals surface area contributed by atoms with Crippen molar-refractivity contribution in [2.45, 2.75) is 24.7 Å². The highest BCUT2D eigenvalue weighted by Gasteiger charge is 2.30. The molecule has 7 nitrogen and oxygen atoms in total. The van der Waals surface area contributed by atoms with Crippen LogP contribution in [0.1, 0.15) is 30.1 Å². The van der Waals surface area contributed by atoms with E-state index in [-0.39, 0.29) is 33.1 Å².